The highest BCUT2D eigenvalue weighted by Crippen LogP contribution is 2.26. The second-order valence-corrected chi connectivity index (χ2v) is 10.6. The molecular formula is C29H32F5N3O7. The van der Waals surface area contributed by atoms with E-state index in [1.807, 2.05) is 0 Å². The number of ether oxygens (including phenoxy) is 1. The number of aliphatic hydroxyl groups excluding tert-OH is 1. The van der Waals surface area contributed by atoms with Gasteiger partial charge < -0.3 is 30.9 Å². The lowest BCUT2D eigenvalue weighted by Crippen LogP contribution is -2.61. The largest absolute Gasteiger partial charge is 0.507 e. The average Bonchev–Trinajstić information content (AvgIpc) is 2.99. The summed E-state index contributed by atoms with van der Waals surface area (Å²) >= 11 is 0. The number of aromatic hydroxyl groups is 1. The molecule has 1 fully saturated rings. The lowest BCUT2D eigenvalue weighted by molar-refractivity contribution is -0.157. The van der Waals surface area contributed by atoms with E-state index in [-0.39, 0.29) is 5.56 Å². The molecule has 1 heterocycles. The summed E-state index contributed by atoms with van der Waals surface area (Å²) in [6.45, 7) is 5.69. The molecule has 7 atom stereocenters. The zero-order valence-electron chi connectivity index (χ0n) is 24.1. The Hall–Kier alpha value is -4.27. The van der Waals surface area contributed by atoms with Crippen molar-refractivity contribution in [2.75, 3.05) is 0 Å². The Labute approximate surface area is 249 Å². The highest BCUT2D eigenvalue weighted by molar-refractivity contribution is 6.00. The van der Waals surface area contributed by atoms with Crippen molar-refractivity contribution in [2.45, 2.75) is 70.9 Å². The lowest BCUT2D eigenvalue weighted by Gasteiger charge is -2.34. The number of hydrogen-bond donors (Lipinski definition) is 5. The molecule has 240 valence electrons. The fourth-order valence-corrected chi connectivity index (χ4v) is 4.64. The SMILES string of the molecule is CCC(C)C1NC(=O)C(C)C(O)C(Cc2c(F)c(F)c(F)c(F)c2F)NC(=O)C(NC(=O)c2ccccc2O)C(C)OC1=O. The molecular weight excluding hydrogens is 597 g/mol. The molecule has 1 aliphatic rings. The monoisotopic (exact) mass is 629 g/mol. The number of halogens is 5. The van der Waals surface area contributed by atoms with Crippen molar-refractivity contribution < 1.29 is 56.1 Å². The molecule has 5 N–H and O–H groups in total. The van der Waals surface area contributed by atoms with Crippen molar-refractivity contribution in [3.8, 4) is 5.75 Å². The second kappa shape index (κ2) is 14.0. The summed E-state index contributed by atoms with van der Waals surface area (Å²) in [5.74, 6) is -18.0. The van der Waals surface area contributed by atoms with E-state index < -0.39 is 113 Å². The third-order valence-electron chi connectivity index (χ3n) is 7.64. The van der Waals surface area contributed by atoms with E-state index in [2.05, 4.69) is 16.0 Å². The summed E-state index contributed by atoms with van der Waals surface area (Å²) < 4.78 is 76.3. The highest BCUT2D eigenvalue weighted by atomic mass is 19.2. The van der Waals surface area contributed by atoms with Gasteiger partial charge in [0.1, 0.15) is 23.9 Å². The Kier molecular flexibility index (Phi) is 10.9. The number of amides is 3. The van der Waals surface area contributed by atoms with Crippen LogP contribution < -0.4 is 16.0 Å². The van der Waals surface area contributed by atoms with Gasteiger partial charge in [0.2, 0.25) is 17.6 Å². The van der Waals surface area contributed by atoms with Gasteiger partial charge in [0.25, 0.3) is 5.91 Å². The molecule has 10 nitrogen and oxygen atoms in total. The average molecular weight is 630 g/mol. The minimum Gasteiger partial charge on any atom is -0.507 e. The van der Waals surface area contributed by atoms with Crippen LogP contribution in [0.5, 0.6) is 5.75 Å². The fraction of sp³-hybridized carbons (Fsp3) is 0.448. The molecule has 7 unspecified atom stereocenters. The Morgan fingerprint density at radius 2 is 1.52 bits per heavy atom. The number of carbonyl (C=O) groups excluding carboxylic acids is 4. The number of phenolic OH excluding ortho intramolecular Hbond substituents is 1. The van der Waals surface area contributed by atoms with Gasteiger partial charge in [-0.2, -0.15) is 0 Å². The van der Waals surface area contributed by atoms with Crippen molar-refractivity contribution in [3.05, 3.63) is 64.5 Å². The van der Waals surface area contributed by atoms with Crippen LogP contribution in [0.1, 0.15) is 50.0 Å². The molecule has 0 saturated carbocycles. The molecule has 0 bridgehead atoms. The molecule has 3 amide bonds. The van der Waals surface area contributed by atoms with Crippen LogP contribution in [0.15, 0.2) is 24.3 Å². The van der Waals surface area contributed by atoms with Gasteiger partial charge in [0.15, 0.2) is 23.3 Å². The molecule has 1 saturated heterocycles. The number of para-hydroxylation sites is 1. The number of hydrogen-bond acceptors (Lipinski definition) is 7. The fourth-order valence-electron chi connectivity index (χ4n) is 4.64. The summed E-state index contributed by atoms with van der Waals surface area (Å²) in [5.41, 5.74) is -1.65. The summed E-state index contributed by atoms with van der Waals surface area (Å²) in [7, 11) is 0. The molecule has 0 spiro atoms. The Morgan fingerprint density at radius 1 is 0.955 bits per heavy atom. The van der Waals surface area contributed by atoms with Gasteiger partial charge in [0, 0.05) is 12.0 Å². The number of esters is 1. The van der Waals surface area contributed by atoms with Gasteiger partial charge in [-0.25, -0.2) is 26.7 Å². The van der Waals surface area contributed by atoms with E-state index in [1.54, 1.807) is 13.8 Å². The van der Waals surface area contributed by atoms with E-state index >= 15 is 0 Å². The van der Waals surface area contributed by atoms with Gasteiger partial charge in [-0.1, -0.05) is 39.3 Å². The minimum absolute atomic E-state index is 0.277. The molecule has 1 aliphatic heterocycles. The van der Waals surface area contributed by atoms with E-state index in [1.165, 1.54) is 31.2 Å². The number of carbonyl (C=O) groups is 4. The standard InChI is InChI=1S/C29H32F5N3O7/c1-5-11(2)23-29(43)44-13(4)24(37-27(41)14-8-6-7-9-17(14)38)28(42)35-16(25(39)12(3)26(40)36-23)10-15-18(30)20(32)22(34)21(33)19(15)31/h6-9,11-13,16,23-25,38-39H,5,10H2,1-4H3,(H,35,42)(H,36,40)(H,37,41). The first-order chi connectivity index (χ1) is 20.6. The molecule has 2 aromatic rings. The maximum Gasteiger partial charge on any atom is 0.329 e. The van der Waals surface area contributed by atoms with Gasteiger partial charge in [-0.05, 0) is 25.0 Å². The van der Waals surface area contributed by atoms with Crippen LogP contribution in [0.3, 0.4) is 0 Å². The predicted octanol–water partition coefficient (Wildman–Crippen LogP) is 2.39. The van der Waals surface area contributed by atoms with E-state index in [4.69, 9.17) is 4.74 Å². The summed E-state index contributed by atoms with van der Waals surface area (Å²) in [5, 5.41) is 28.2. The minimum atomic E-state index is -2.42. The Bertz CT molecular complexity index is 1410. The van der Waals surface area contributed by atoms with Crippen molar-refractivity contribution in [3.63, 3.8) is 0 Å². The summed E-state index contributed by atoms with van der Waals surface area (Å²) in [6, 6.07) is 0.309. The quantitative estimate of drug-likeness (QED) is 0.142. The molecule has 0 aliphatic carbocycles. The molecule has 44 heavy (non-hydrogen) atoms. The van der Waals surface area contributed by atoms with Gasteiger partial charge in [0.05, 0.1) is 23.6 Å². The molecule has 0 radical (unpaired) electrons. The summed E-state index contributed by atoms with van der Waals surface area (Å²) in [6.07, 6.45) is -4.31. The van der Waals surface area contributed by atoms with Crippen LogP contribution in [-0.4, -0.2) is 64.2 Å². The number of benzene rings is 2. The van der Waals surface area contributed by atoms with Gasteiger partial charge >= 0.3 is 5.97 Å². The normalized spacial score (nSPS) is 25.5. The Balaban J connectivity index is 2.11. The van der Waals surface area contributed by atoms with Crippen LogP contribution in [-0.2, 0) is 25.5 Å². The smallest absolute Gasteiger partial charge is 0.329 e. The van der Waals surface area contributed by atoms with Crippen molar-refractivity contribution >= 4 is 23.7 Å². The number of rotatable bonds is 6. The van der Waals surface area contributed by atoms with Gasteiger partial charge in [-0.15, -0.1) is 0 Å². The van der Waals surface area contributed by atoms with Crippen LogP contribution in [0, 0.1) is 40.9 Å². The predicted molar refractivity (Wildman–Crippen MR) is 143 cm³/mol. The van der Waals surface area contributed by atoms with Crippen LogP contribution >= 0.6 is 0 Å². The highest BCUT2D eigenvalue weighted by Gasteiger charge is 2.41. The van der Waals surface area contributed by atoms with Crippen LogP contribution in [0.25, 0.3) is 0 Å². The van der Waals surface area contributed by atoms with Crippen LogP contribution in [0.4, 0.5) is 22.0 Å². The van der Waals surface area contributed by atoms with E-state index in [0.717, 1.165) is 6.92 Å². The van der Waals surface area contributed by atoms with Gasteiger partial charge in [-0.3, -0.25) is 14.4 Å². The maximum absolute atomic E-state index is 14.6. The lowest BCUT2D eigenvalue weighted by atomic mass is 9.90. The van der Waals surface area contributed by atoms with Crippen molar-refractivity contribution in [1.82, 2.24) is 16.0 Å². The first-order valence-electron chi connectivity index (χ1n) is 13.7. The second-order valence-electron chi connectivity index (χ2n) is 10.6. The number of cyclic esters (lactones) is 1. The first-order valence-corrected chi connectivity index (χ1v) is 13.7. The zero-order chi connectivity index (χ0) is 33.0. The zero-order valence-corrected chi connectivity index (χ0v) is 24.1. The first kappa shape index (κ1) is 34.2. The molecule has 15 heteroatoms. The third-order valence-corrected chi connectivity index (χ3v) is 7.64. The topological polar surface area (TPSA) is 154 Å². The van der Waals surface area contributed by atoms with E-state index in [0.29, 0.717) is 6.42 Å². The number of aliphatic hydroxyl groups is 1. The van der Waals surface area contributed by atoms with E-state index in [9.17, 15) is 51.3 Å². The number of nitrogens with one attached hydrogen (secondary N) is 3. The maximum atomic E-state index is 14.6. The Morgan fingerprint density at radius 3 is 2.09 bits per heavy atom. The van der Waals surface area contributed by atoms with Crippen LogP contribution in [0.2, 0.25) is 0 Å². The molecule has 2 aromatic carbocycles. The van der Waals surface area contributed by atoms with Crippen molar-refractivity contribution in [2.24, 2.45) is 11.8 Å². The number of phenols is 1. The molecule has 0 aromatic heterocycles. The van der Waals surface area contributed by atoms with Crippen molar-refractivity contribution in [1.29, 1.82) is 0 Å². The third kappa shape index (κ3) is 7.09. The summed E-state index contributed by atoms with van der Waals surface area (Å²) in [4.78, 5) is 52.8. The molecule has 3 rings (SSSR count).